The maximum Gasteiger partial charge on any atom is 0.239 e. The number of nitrogens with two attached hydrogens (primary N) is 2. The summed E-state index contributed by atoms with van der Waals surface area (Å²) in [6.07, 6.45) is 0.769. The van der Waals surface area contributed by atoms with Gasteiger partial charge in [0.1, 0.15) is 5.82 Å². The molecule has 0 radical (unpaired) electrons. The van der Waals surface area contributed by atoms with Crippen LogP contribution >= 0.6 is 0 Å². The monoisotopic (exact) mass is 250 g/mol. The Hall–Kier alpha value is -1.98. The molecule has 0 spiro atoms. The van der Waals surface area contributed by atoms with Crippen molar-refractivity contribution in [3.63, 3.8) is 0 Å². The van der Waals surface area contributed by atoms with E-state index >= 15 is 0 Å². The van der Waals surface area contributed by atoms with E-state index in [2.05, 4.69) is 4.98 Å². The van der Waals surface area contributed by atoms with Crippen LogP contribution in [0.25, 0.3) is 0 Å². The fourth-order valence-corrected chi connectivity index (χ4v) is 2.07. The molecular weight excluding hydrogens is 232 g/mol. The van der Waals surface area contributed by atoms with Gasteiger partial charge in [0.15, 0.2) is 0 Å². The number of hydrogen-bond acceptors (Lipinski definition) is 5. The zero-order chi connectivity index (χ0) is 13.1. The number of carbonyl (C=O) groups is 1. The number of primary amides is 1. The van der Waals surface area contributed by atoms with Gasteiger partial charge in [0.25, 0.3) is 0 Å². The van der Waals surface area contributed by atoms with Crippen molar-refractivity contribution in [2.24, 2.45) is 11.7 Å². The smallest absolute Gasteiger partial charge is 0.239 e. The molecule has 1 aliphatic rings. The van der Waals surface area contributed by atoms with Crippen LogP contribution in [0, 0.1) is 5.92 Å². The van der Waals surface area contributed by atoms with E-state index in [1.165, 1.54) is 0 Å². The van der Waals surface area contributed by atoms with Gasteiger partial charge in [-0.15, -0.1) is 0 Å². The number of ether oxygens (including phenoxy) is 1. The first-order chi connectivity index (χ1) is 8.61. The number of carbonyl (C=O) groups excluding carboxylic acids is 1. The van der Waals surface area contributed by atoms with Gasteiger partial charge in [-0.2, -0.15) is 4.98 Å². The van der Waals surface area contributed by atoms with E-state index in [4.69, 9.17) is 16.2 Å². The highest BCUT2D eigenvalue weighted by Gasteiger charge is 2.27. The molecule has 18 heavy (non-hydrogen) atoms. The predicted molar refractivity (Wildman–Crippen MR) is 69.3 cm³/mol. The first-order valence-corrected chi connectivity index (χ1v) is 6.05. The minimum Gasteiger partial charge on any atom is -0.476 e. The molecule has 98 valence electrons. The molecule has 1 unspecified atom stereocenters. The average molecular weight is 250 g/mol. The third-order valence-electron chi connectivity index (χ3n) is 3.07. The minimum atomic E-state index is -0.252. The molecule has 4 N–H and O–H groups in total. The molecule has 1 fully saturated rings. The Morgan fingerprint density at radius 1 is 1.61 bits per heavy atom. The second-order valence-corrected chi connectivity index (χ2v) is 4.33. The highest BCUT2D eigenvalue weighted by molar-refractivity contribution is 5.78. The SMILES string of the molecule is CCOc1nc(N2CCC(C(N)=O)C2)ccc1N. The van der Waals surface area contributed by atoms with E-state index < -0.39 is 0 Å². The van der Waals surface area contributed by atoms with E-state index in [-0.39, 0.29) is 11.8 Å². The van der Waals surface area contributed by atoms with Gasteiger partial charge < -0.3 is 21.1 Å². The number of hydrogen-bond donors (Lipinski definition) is 2. The van der Waals surface area contributed by atoms with Crippen LogP contribution in [0.4, 0.5) is 11.5 Å². The Kier molecular flexibility index (Phi) is 3.55. The van der Waals surface area contributed by atoms with Crippen LogP contribution in [-0.4, -0.2) is 30.6 Å². The number of rotatable bonds is 4. The summed E-state index contributed by atoms with van der Waals surface area (Å²) in [5.74, 6) is 0.867. The third kappa shape index (κ3) is 2.47. The molecular formula is C12H18N4O2. The van der Waals surface area contributed by atoms with Crippen molar-refractivity contribution in [2.75, 3.05) is 30.3 Å². The zero-order valence-corrected chi connectivity index (χ0v) is 10.4. The summed E-state index contributed by atoms with van der Waals surface area (Å²) in [6.45, 7) is 3.78. The van der Waals surface area contributed by atoms with Crippen LogP contribution in [0.1, 0.15) is 13.3 Å². The normalized spacial score (nSPS) is 18.9. The lowest BCUT2D eigenvalue weighted by Crippen LogP contribution is -2.27. The Labute approximate surface area is 106 Å². The molecule has 2 rings (SSSR count). The maximum atomic E-state index is 11.1. The van der Waals surface area contributed by atoms with Crippen molar-refractivity contribution in [2.45, 2.75) is 13.3 Å². The molecule has 0 bridgehead atoms. The number of pyridine rings is 1. The van der Waals surface area contributed by atoms with Crippen LogP contribution < -0.4 is 21.1 Å². The number of amides is 1. The number of aromatic nitrogens is 1. The van der Waals surface area contributed by atoms with E-state index in [1.54, 1.807) is 6.07 Å². The van der Waals surface area contributed by atoms with Gasteiger partial charge in [-0.3, -0.25) is 4.79 Å². The summed E-state index contributed by atoms with van der Waals surface area (Å²) >= 11 is 0. The van der Waals surface area contributed by atoms with Crippen molar-refractivity contribution >= 4 is 17.4 Å². The standard InChI is InChI=1S/C12H18N4O2/c1-2-18-12-9(13)3-4-10(15-12)16-6-5-8(7-16)11(14)17/h3-4,8H,2,5-7,13H2,1H3,(H2,14,17). The van der Waals surface area contributed by atoms with Crippen LogP contribution in [-0.2, 0) is 4.79 Å². The fourth-order valence-electron chi connectivity index (χ4n) is 2.07. The van der Waals surface area contributed by atoms with E-state index in [0.29, 0.717) is 24.7 Å². The lowest BCUT2D eigenvalue weighted by Gasteiger charge is -2.18. The molecule has 1 aromatic heterocycles. The van der Waals surface area contributed by atoms with Gasteiger partial charge in [0.05, 0.1) is 18.2 Å². The Morgan fingerprint density at radius 2 is 2.39 bits per heavy atom. The maximum absolute atomic E-state index is 11.1. The van der Waals surface area contributed by atoms with Gasteiger partial charge >= 0.3 is 0 Å². The zero-order valence-electron chi connectivity index (χ0n) is 10.4. The first kappa shape index (κ1) is 12.5. The quantitative estimate of drug-likeness (QED) is 0.805. The Morgan fingerprint density at radius 3 is 3.00 bits per heavy atom. The number of nitrogens with zero attached hydrogens (tertiary/aromatic N) is 2. The molecule has 1 saturated heterocycles. The average Bonchev–Trinajstić information content (AvgIpc) is 2.82. The molecule has 1 atom stereocenters. The van der Waals surface area contributed by atoms with Crippen LogP contribution in [0.15, 0.2) is 12.1 Å². The van der Waals surface area contributed by atoms with Crippen LogP contribution in [0.3, 0.4) is 0 Å². The van der Waals surface area contributed by atoms with Crippen molar-refractivity contribution in [1.82, 2.24) is 4.98 Å². The molecule has 0 saturated carbocycles. The minimum absolute atomic E-state index is 0.0973. The molecule has 0 aromatic carbocycles. The van der Waals surface area contributed by atoms with Crippen LogP contribution in [0.2, 0.25) is 0 Å². The van der Waals surface area contributed by atoms with E-state index in [0.717, 1.165) is 18.8 Å². The molecule has 1 aliphatic heterocycles. The highest BCUT2D eigenvalue weighted by Crippen LogP contribution is 2.27. The predicted octanol–water partition coefficient (Wildman–Crippen LogP) is 0.374. The lowest BCUT2D eigenvalue weighted by molar-refractivity contribution is -0.121. The summed E-state index contributed by atoms with van der Waals surface area (Å²) in [5.41, 5.74) is 11.6. The van der Waals surface area contributed by atoms with Crippen molar-refractivity contribution in [3.8, 4) is 5.88 Å². The van der Waals surface area contributed by atoms with Crippen molar-refractivity contribution < 1.29 is 9.53 Å². The summed E-state index contributed by atoms with van der Waals surface area (Å²) in [5, 5.41) is 0. The lowest BCUT2D eigenvalue weighted by atomic mass is 10.1. The second-order valence-electron chi connectivity index (χ2n) is 4.33. The fraction of sp³-hybridized carbons (Fsp3) is 0.500. The second kappa shape index (κ2) is 5.12. The van der Waals surface area contributed by atoms with Gasteiger partial charge in [-0.1, -0.05) is 0 Å². The van der Waals surface area contributed by atoms with Crippen LogP contribution in [0.5, 0.6) is 5.88 Å². The first-order valence-electron chi connectivity index (χ1n) is 6.05. The van der Waals surface area contributed by atoms with Gasteiger partial charge in [0.2, 0.25) is 11.8 Å². The molecule has 2 heterocycles. The third-order valence-corrected chi connectivity index (χ3v) is 3.07. The molecule has 6 heteroatoms. The Bertz CT molecular complexity index is 450. The van der Waals surface area contributed by atoms with Gasteiger partial charge in [0, 0.05) is 13.1 Å². The van der Waals surface area contributed by atoms with Gasteiger partial charge in [-0.05, 0) is 25.5 Å². The summed E-state index contributed by atoms with van der Waals surface area (Å²) in [7, 11) is 0. The largest absolute Gasteiger partial charge is 0.476 e. The topological polar surface area (TPSA) is 94.5 Å². The van der Waals surface area contributed by atoms with Crippen molar-refractivity contribution in [1.29, 1.82) is 0 Å². The molecule has 1 aromatic rings. The number of anilines is 2. The van der Waals surface area contributed by atoms with E-state index in [1.807, 2.05) is 17.9 Å². The number of nitrogen functional groups attached to an aromatic ring is 1. The highest BCUT2D eigenvalue weighted by atomic mass is 16.5. The summed E-state index contributed by atoms with van der Waals surface area (Å²) in [6, 6.07) is 3.60. The Balaban J connectivity index is 2.14. The summed E-state index contributed by atoms with van der Waals surface area (Å²) in [4.78, 5) is 17.5. The van der Waals surface area contributed by atoms with E-state index in [9.17, 15) is 4.79 Å². The molecule has 6 nitrogen and oxygen atoms in total. The van der Waals surface area contributed by atoms with Gasteiger partial charge in [-0.25, -0.2) is 0 Å². The summed E-state index contributed by atoms with van der Waals surface area (Å²) < 4.78 is 5.36. The van der Waals surface area contributed by atoms with Crippen molar-refractivity contribution in [3.05, 3.63) is 12.1 Å². The molecule has 0 aliphatic carbocycles. The molecule has 1 amide bonds.